The Morgan fingerprint density at radius 1 is 1.17 bits per heavy atom. The summed E-state index contributed by atoms with van der Waals surface area (Å²) in [5, 5.41) is 3.34. The largest absolute Gasteiger partial charge is 0.497 e. The molecule has 3 rings (SSSR count). The van der Waals surface area contributed by atoms with Crippen molar-refractivity contribution in [3.05, 3.63) is 53.6 Å². The second kappa shape index (κ2) is 9.50. The number of nitrogens with zero attached hydrogens (tertiary/aromatic N) is 1. The number of carbonyl (C=O) groups excluding carboxylic acids is 1. The number of anilines is 1. The van der Waals surface area contributed by atoms with Gasteiger partial charge in [-0.3, -0.25) is 9.10 Å². The van der Waals surface area contributed by atoms with Gasteiger partial charge in [-0.1, -0.05) is 30.5 Å². The van der Waals surface area contributed by atoms with Crippen molar-refractivity contribution in [2.75, 3.05) is 18.0 Å². The van der Waals surface area contributed by atoms with Crippen LogP contribution >= 0.6 is 11.6 Å². The van der Waals surface area contributed by atoms with Crippen LogP contribution in [-0.2, 0) is 14.8 Å². The Morgan fingerprint density at radius 2 is 1.86 bits per heavy atom. The van der Waals surface area contributed by atoms with Crippen molar-refractivity contribution < 1.29 is 17.9 Å². The normalized spacial score (nSPS) is 14.6. The van der Waals surface area contributed by atoms with Crippen LogP contribution in [0.15, 0.2) is 53.4 Å². The van der Waals surface area contributed by atoms with Gasteiger partial charge in [0, 0.05) is 24.0 Å². The highest BCUT2D eigenvalue weighted by atomic mass is 35.5. The summed E-state index contributed by atoms with van der Waals surface area (Å²) in [5.41, 5.74) is 0.458. The lowest BCUT2D eigenvalue weighted by Crippen LogP contribution is -2.38. The molecule has 0 heterocycles. The van der Waals surface area contributed by atoms with Crippen LogP contribution < -0.4 is 14.4 Å². The van der Waals surface area contributed by atoms with Gasteiger partial charge >= 0.3 is 0 Å². The fourth-order valence-electron chi connectivity index (χ4n) is 3.46. The van der Waals surface area contributed by atoms with Crippen LogP contribution in [0, 0.1) is 0 Å². The van der Waals surface area contributed by atoms with Gasteiger partial charge in [-0.15, -0.1) is 0 Å². The SMILES string of the molecule is COc1ccc(N(CCC(=O)NC2CCCC2)S(=O)(=O)c2cccc(Cl)c2)cc1. The Balaban J connectivity index is 1.83. The van der Waals surface area contributed by atoms with Gasteiger partial charge in [-0.05, 0) is 55.3 Å². The van der Waals surface area contributed by atoms with E-state index >= 15 is 0 Å². The third-order valence-corrected chi connectivity index (χ3v) is 7.07. The molecule has 2 aromatic carbocycles. The predicted octanol–water partition coefficient (Wildman–Crippen LogP) is 3.99. The summed E-state index contributed by atoms with van der Waals surface area (Å²) in [6.07, 6.45) is 4.27. The summed E-state index contributed by atoms with van der Waals surface area (Å²) < 4.78 is 33.0. The van der Waals surface area contributed by atoms with Crippen LogP contribution in [0.25, 0.3) is 0 Å². The van der Waals surface area contributed by atoms with Crippen LogP contribution in [0.3, 0.4) is 0 Å². The quantitative estimate of drug-likeness (QED) is 0.678. The van der Waals surface area contributed by atoms with Crippen molar-refractivity contribution in [3.63, 3.8) is 0 Å². The fourth-order valence-corrected chi connectivity index (χ4v) is 5.23. The van der Waals surface area contributed by atoms with Crippen LogP contribution in [-0.4, -0.2) is 34.0 Å². The standard InChI is InChI=1S/C21H25ClN2O4S/c1-28-19-11-9-18(10-12-19)24(14-13-21(25)23-17-6-2-3-7-17)29(26,27)20-8-4-5-16(22)15-20/h4-5,8-12,15,17H,2-3,6-7,13-14H2,1H3,(H,23,25). The van der Waals surface area contributed by atoms with Crippen LogP contribution in [0.1, 0.15) is 32.1 Å². The number of methoxy groups -OCH3 is 1. The minimum atomic E-state index is -3.89. The molecule has 2 aromatic rings. The van der Waals surface area contributed by atoms with Crippen LogP contribution in [0.5, 0.6) is 5.75 Å². The molecule has 0 spiro atoms. The number of hydrogen-bond acceptors (Lipinski definition) is 4. The predicted molar refractivity (Wildman–Crippen MR) is 114 cm³/mol. The van der Waals surface area contributed by atoms with Gasteiger partial charge in [-0.2, -0.15) is 0 Å². The summed E-state index contributed by atoms with van der Waals surface area (Å²) in [5.74, 6) is 0.476. The Morgan fingerprint density at radius 3 is 2.48 bits per heavy atom. The lowest BCUT2D eigenvalue weighted by Gasteiger charge is -2.25. The van der Waals surface area contributed by atoms with Crippen LogP contribution in [0.4, 0.5) is 5.69 Å². The van der Waals surface area contributed by atoms with Gasteiger partial charge in [0.2, 0.25) is 5.91 Å². The number of halogens is 1. The number of hydrogen-bond donors (Lipinski definition) is 1. The zero-order valence-corrected chi connectivity index (χ0v) is 17.9. The first kappa shape index (κ1) is 21.5. The molecule has 1 aliphatic rings. The second-order valence-corrected chi connectivity index (χ2v) is 9.33. The molecule has 0 atom stereocenters. The third-order valence-electron chi connectivity index (χ3n) is 5.01. The maximum Gasteiger partial charge on any atom is 0.264 e. The van der Waals surface area contributed by atoms with Crippen molar-refractivity contribution in [1.82, 2.24) is 5.32 Å². The molecular formula is C21H25ClN2O4S. The first-order valence-electron chi connectivity index (χ1n) is 9.62. The summed E-state index contributed by atoms with van der Waals surface area (Å²) in [7, 11) is -2.35. The molecule has 29 heavy (non-hydrogen) atoms. The summed E-state index contributed by atoms with van der Waals surface area (Å²) in [6, 6.07) is 13.0. The van der Waals surface area contributed by atoms with Crippen molar-refractivity contribution in [3.8, 4) is 5.75 Å². The van der Waals surface area contributed by atoms with Crippen LogP contribution in [0.2, 0.25) is 5.02 Å². The number of benzene rings is 2. The van der Waals surface area contributed by atoms with Gasteiger partial charge in [0.15, 0.2) is 0 Å². The fraction of sp³-hybridized carbons (Fsp3) is 0.381. The molecule has 1 saturated carbocycles. The number of sulfonamides is 1. The van der Waals surface area contributed by atoms with Gasteiger partial charge in [0.25, 0.3) is 10.0 Å². The molecule has 1 amide bonds. The van der Waals surface area contributed by atoms with E-state index < -0.39 is 10.0 Å². The number of carbonyl (C=O) groups is 1. The number of amides is 1. The monoisotopic (exact) mass is 436 g/mol. The average Bonchev–Trinajstić information content (AvgIpc) is 3.21. The lowest BCUT2D eigenvalue weighted by atomic mass is 10.2. The van der Waals surface area contributed by atoms with Crippen molar-refractivity contribution in [1.29, 1.82) is 0 Å². The first-order valence-corrected chi connectivity index (χ1v) is 11.4. The molecule has 8 heteroatoms. The first-order chi connectivity index (χ1) is 13.9. The van der Waals surface area contributed by atoms with Crippen molar-refractivity contribution in [2.45, 2.75) is 43.0 Å². The summed E-state index contributed by atoms with van der Waals surface area (Å²) in [6.45, 7) is 0.0275. The zero-order chi connectivity index (χ0) is 20.9. The molecule has 1 N–H and O–H groups in total. The Kier molecular flexibility index (Phi) is 7.03. The van der Waals surface area contributed by atoms with E-state index in [2.05, 4.69) is 5.32 Å². The molecule has 1 fully saturated rings. The highest BCUT2D eigenvalue weighted by Gasteiger charge is 2.26. The second-order valence-electron chi connectivity index (χ2n) is 7.03. The lowest BCUT2D eigenvalue weighted by molar-refractivity contribution is -0.121. The third kappa shape index (κ3) is 5.42. The Bertz CT molecular complexity index is 941. The maximum atomic E-state index is 13.3. The average molecular weight is 437 g/mol. The maximum absolute atomic E-state index is 13.3. The number of rotatable bonds is 8. The highest BCUT2D eigenvalue weighted by molar-refractivity contribution is 7.92. The molecular weight excluding hydrogens is 412 g/mol. The molecule has 0 saturated heterocycles. The van der Waals surface area contributed by atoms with Gasteiger partial charge in [0.1, 0.15) is 5.75 Å². The minimum absolute atomic E-state index is 0.0275. The van der Waals surface area contributed by atoms with E-state index in [9.17, 15) is 13.2 Å². The van der Waals surface area contributed by atoms with E-state index in [1.54, 1.807) is 43.5 Å². The van der Waals surface area contributed by atoms with Gasteiger partial charge in [-0.25, -0.2) is 8.42 Å². The molecule has 0 aromatic heterocycles. The zero-order valence-electron chi connectivity index (χ0n) is 16.3. The number of ether oxygens (including phenoxy) is 1. The van der Waals surface area contributed by atoms with E-state index in [0.29, 0.717) is 16.5 Å². The van der Waals surface area contributed by atoms with Gasteiger partial charge in [0.05, 0.1) is 17.7 Å². The molecule has 0 unspecified atom stereocenters. The van der Waals surface area contributed by atoms with E-state index in [0.717, 1.165) is 25.7 Å². The number of nitrogens with one attached hydrogen (secondary N) is 1. The highest BCUT2D eigenvalue weighted by Crippen LogP contribution is 2.27. The molecule has 0 aliphatic heterocycles. The van der Waals surface area contributed by atoms with E-state index in [-0.39, 0.29) is 29.8 Å². The van der Waals surface area contributed by atoms with Gasteiger partial charge < -0.3 is 10.1 Å². The summed E-state index contributed by atoms with van der Waals surface area (Å²) >= 11 is 6.00. The molecule has 0 radical (unpaired) electrons. The minimum Gasteiger partial charge on any atom is -0.497 e. The topological polar surface area (TPSA) is 75.7 Å². The van der Waals surface area contributed by atoms with E-state index in [1.165, 1.54) is 16.4 Å². The Labute approximate surface area is 176 Å². The molecule has 0 bridgehead atoms. The molecule has 1 aliphatic carbocycles. The van der Waals surface area contributed by atoms with E-state index in [1.807, 2.05) is 0 Å². The smallest absolute Gasteiger partial charge is 0.264 e. The van der Waals surface area contributed by atoms with Crippen molar-refractivity contribution in [2.24, 2.45) is 0 Å². The summed E-state index contributed by atoms with van der Waals surface area (Å²) in [4.78, 5) is 12.5. The van der Waals surface area contributed by atoms with Crippen molar-refractivity contribution >= 4 is 33.2 Å². The Hall–Kier alpha value is -2.25. The molecule has 6 nitrogen and oxygen atoms in total. The van der Waals surface area contributed by atoms with E-state index in [4.69, 9.17) is 16.3 Å². The molecule has 156 valence electrons.